The van der Waals surface area contributed by atoms with Crippen LogP contribution in [0.1, 0.15) is 12.8 Å². The molecule has 4 nitrogen and oxygen atoms in total. The van der Waals surface area contributed by atoms with Crippen LogP contribution in [0.15, 0.2) is 48.5 Å². The first kappa shape index (κ1) is 16.7. The van der Waals surface area contributed by atoms with Crippen molar-refractivity contribution in [2.75, 3.05) is 30.4 Å². The molecule has 2 aromatic rings. The zero-order valence-electron chi connectivity index (χ0n) is 13.7. The minimum absolute atomic E-state index is 0.0339. The highest BCUT2D eigenvalue weighted by atomic mass is 35.5. The topological polar surface area (TPSA) is 41.6 Å². The zero-order chi connectivity index (χ0) is 16.9. The van der Waals surface area contributed by atoms with Crippen LogP contribution in [0.25, 0.3) is 0 Å². The van der Waals surface area contributed by atoms with E-state index >= 15 is 0 Å². The molecular formula is C19H21ClN2O2. The molecule has 0 radical (unpaired) electrons. The van der Waals surface area contributed by atoms with Crippen LogP contribution < -0.4 is 15.0 Å². The van der Waals surface area contributed by atoms with Crippen molar-refractivity contribution < 1.29 is 9.53 Å². The second-order valence-electron chi connectivity index (χ2n) is 5.96. The van der Waals surface area contributed by atoms with Crippen LogP contribution in [0.4, 0.5) is 11.4 Å². The summed E-state index contributed by atoms with van der Waals surface area (Å²) in [5, 5.41) is 3.73. The fourth-order valence-corrected chi connectivity index (χ4v) is 3.20. The van der Waals surface area contributed by atoms with Crippen molar-refractivity contribution in [2.45, 2.75) is 12.8 Å². The molecule has 0 unspecified atom stereocenters. The molecular weight excluding hydrogens is 324 g/mol. The summed E-state index contributed by atoms with van der Waals surface area (Å²) in [7, 11) is 1.62. The van der Waals surface area contributed by atoms with E-state index in [-0.39, 0.29) is 11.8 Å². The minimum atomic E-state index is 0.0339. The number of rotatable bonds is 4. The lowest BCUT2D eigenvalue weighted by Crippen LogP contribution is -2.38. The summed E-state index contributed by atoms with van der Waals surface area (Å²) in [6.07, 6.45) is 1.67. The van der Waals surface area contributed by atoms with Gasteiger partial charge in [-0.05, 0) is 43.2 Å². The third-order valence-corrected chi connectivity index (χ3v) is 4.61. The van der Waals surface area contributed by atoms with E-state index in [9.17, 15) is 4.79 Å². The Morgan fingerprint density at radius 3 is 2.62 bits per heavy atom. The zero-order valence-corrected chi connectivity index (χ0v) is 14.4. The molecule has 0 saturated carbocycles. The Kier molecular flexibility index (Phi) is 5.26. The molecule has 1 heterocycles. The van der Waals surface area contributed by atoms with Crippen molar-refractivity contribution in [1.29, 1.82) is 0 Å². The number of benzene rings is 2. The highest BCUT2D eigenvalue weighted by Crippen LogP contribution is 2.26. The third-order valence-electron chi connectivity index (χ3n) is 4.38. The lowest BCUT2D eigenvalue weighted by molar-refractivity contribution is -0.120. The molecule has 2 aromatic carbocycles. The summed E-state index contributed by atoms with van der Waals surface area (Å²) in [4.78, 5) is 14.8. The van der Waals surface area contributed by atoms with Crippen molar-refractivity contribution in [2.24, 2.45) is 5.92 Å². The number of nitrogens with one attached hydrogen (secondary N) is 1. The average Bonchev–Trinajstić information content (AvgIpc) is 2.62. The molecule has 1 fully saturated rings. The van der Waals surface area contributed by atoms with E-state index in [1.165, 1.54) is 0 Å². The first-order valence-corrected chi connectivity index (χ1v) is 8.49. The van der Waals surface area contributed by atoms with Gasteiger partial charge in [0.15, 0.2) is 0 Å². The standard InChI is InChI=1S/C19H21ClN2O2/c1-24-18-7-3-5-16(13-18)21-19(23)14-8-10-22(11-9-14)17-6-2-4-15(20)12-17/h2-7,12-14H,8-11H2,1H3,(H,21,23). The maximum atomic E-state index is 12.5. The number of nitrogens with zero attached hydrogens (tertiary/aromatic N) is 1. The van der Waals surface area contributed by atoms with E-state index in [0.29, 0.717) is 0 Å². The summed E-state index contributed by atoms with van der Waals surface area (Å²) < 4.78 is 5.19. The summed E-state index contributed by atoms with van der Waals surface area (Å²) in [6.45, 7) is 1.72. The van der Waals surface area contributed by atoms with Gasteiger partial charge in [-0.3, -0.25) is 4.79 Å². The molecule has 24 heavy (non-hydrogen) atoms. The molecule has 1 aliphatic heterocycles. The second-order valence-corrected chi connectivity index (χ2v) is 6.40. The first-order chi connectivity index (χ1) is 11.7. The molecule has 0 aliphatic carbocycles. The Balaban J connectivity index is 1.57. The van der Waals surface area contributed by atoms with Crippen LogP contribution in [0.5, 0.6) is 5.75 Å². The number of anilines is 2. The van der Waals surface area contributed by atoms with E-state index < -0.39 is 0 Å². The van der Waals surface area contributed by atoms with Gasteiger partial charge in [-0.1, -0.05) is 23.7 Å². The highest BCUT2D eigenvalue weighted by Gasteiger charge is 2.25. The molecule has 0 bridgehead atoms. The lowest BCUT2D eigenvalue weighted by atomic mass is 9.95. The lowest BCUT2D eigenvalue weighted by Gasteiger charge is -2.33. The molecule has 1 saturated heterocycles. The maximum Gasteiger partial charge on any atom is 0.227 e. The Morgan fingerprint density at radius 1 is 1.17 bits per heavy atom. The number of amides is 1. The Morgan fingerprint density at radius 2 is 1.92 bits per heavy atom. The summed E-state index contributed by atoms with van der Waals surface area (Å²) in [5.41, 5.74) is 1.89. The molecule has 3 rings (SSSR count). The predicted molar refractivity (Wildman–Crippen MR) is 98.0 cm³/mol. The average molecular weight is 345 g/mol. The van der Waals surface area contributed by atoms with E-state index in [4.69, 9.17) is 16.3 Å². The number of hydrogen-bond acceptors (Lipinski definition) is 3. The molecule has 0 aromatic heterocycles. The van der Waals surface area contributed by atoms with Gasteiger partial charge < -0.3 is 15.0 Å². The monoisotopic (exact) mass is 344 g/mol. The van der Waals surface area contributed by atoms with Gasteiger partial charge in [0.2, 0.25) is 5.91 Å². The quantitative estimate of drug-likeness (QED) is 0.903. The van der Waals surface area contributed by atoms with Crippen molar-refractivity contribution >= 4 is 28.9 Å². The van der Waals surface area contributed by atoms with Crippen LogP contribution in [-0.4, -0.2) is 26.1 Å². The van der Waals surface area contributed by atoms with Gasteiger partial charge >= 0.3 is 0 Å². The van der Waals surface area contributed by atoms with E-state index in [1.807, 2.05) is 42.5 Å². The summed E-state index contributed by atoms with van der Waals surface area (Å²) in [5.74, 6) is 0.851. The fraction of sp³-hybridized carbons (Fsp3) is 0.316. The van der Waals surface area contributed by atoms with E-state index in [1.54, 1.807) is 7.11 Å². The van der Waals surface area contributed by atoms with Crippen molar-refractivity contribution in [3.8, 4) is 5.75 Å². The maximum absolute atomic E-state index is 12.5. The highest BCUT2D eigenvalue weighted by molar-refractivity contribution is 6.30. The Bertz CT molecular complexity index is 712. The number of methoxy groups -OCH3 is 1. The molecule has 126 valence electrons. The van der Waals surface area contributed by atoms with Crippen molar-refractivity contribution in [1.82, 2.24) is 0 Å². The Hall–Kier alpha value is -2.20. The molecule has 5 heteroatoms. The van der Waals surface area contributed by atoms with Gasteiger partial charge in [0.25, 0.3) is 0 Å². The number of piperidine rings is 1. The van der Waals surface area contributed by atoms with Gasteiger partial charge in [0.1, 0.15) is 5.75 Å². The minimum Gasteiger partial charge on any atom is -0.497 e. The number of carbonyl (C=O) groups is 1. The molecule has 1 N–H and O–H groups in total. The number of carbonyl (C=O) groups excluding carboxylic acids is 1. The van der Waals surface area contributed by atoms with Crippen molar-refractivity contribution in [3.05, 3.63) is 53.6 Å². The molecule has 0 atom stereocenters. The fourth-order valence-electron chi connectivity index (χ4n) is 3.02. The number of hydrogen-bond donors (Lipinski definition) is 1. The Labute approximate surface area is 147 Å². The second kappa shape index (κ2) is 7.58. The van der Waals surface area contributed by atoms with Crippen LogP contribution in [0, 0.1) is 5.92 Å². The van der Waals surface area contributed by atoms with Crippen LogP contribution in [0.3, 0.4) is 0 Å². The SMILES string of the molecule is COc1cccc(NC(=O)C2CCN(c3cccc(Cl)c3)CC2)c1. The van der Waals surface area contributed by atoms with Crippen LogP contribution in [-0.2, 0) is 4.79 Å². The first-order valence-electron chi connectivity index (χ1n) is 8.11. The number of halogens is 1. The smallest absolute Gasteiger partial charge is 0.227 e. The van der Waals surface area contributed by atoms with E-state index in [0.717, 1.165) is 48.1 Å². The van der Waals surface area contributed by atoms with Gasteiger partial charge in [-0.15, -0.1) is 0 Å². The van der Waals surface area contributed by atoms with Gasteiger partial charge in [0.05, 0.1) is 7.11 Å². The molecule has 1 amide bonds. The summed E-state index contributed by atoms with van der Waals surface area (Å²) in [6, 6.07) is 15.3. The van der Waals surface area contributed by atoms with Gasteiger partial charge in [-0.25, -0.2) is 0 Å². The van der Waals surface area contributed by atoms with Gasteiger partial charge in [0, 0.05) is 41.5 Å². The van der Waals surface area contributed by atoms with E-state index in [2.05, 4.69) is 16.3 Å². The normalized spacial score (nSPS) is 15.2. The van der Waals surface area contributed by atoms with Crippen molar-refractivity contribution in [3.63, 3.8) is 0 Å². The van der Waals surface area contributed by atoms with Crippen LogP contribution in [0.2, 0.25) is 5.02 Å². The summed E-state index contributed by atoms with van der Waals surface area (Å²) >= 11 is 6.06. The third kappa shape index (κ3) is 4.01. The largest absolute Gasteiger partial charge is 0.497 e. The molecule has 1 aliphatic rings. The molecule has 0 spiro atoms. The van der Waals surface area contributed by atoms with Crippen LogP contribution >= 0.6 is 11.6 Å². The predicted octanol–water partition coefficient (Wildman–Crippen LogP) is 4.20. The van der Waals surface area contributed by atoms with Gasteiger partial charge in [-0.2, -0.15) is 0 Å². The number of ether oxygens (including phenoxy) is 1.